The summed E-state index contributed by atoms with van der Waals surface area (Å²) in [7, 11) is 1.93. The number of aliphatic hydroxyl groups is 1. The molecule has 2 N–H and O–H groups in total. The van der Waals surface area contributed by atoms with E-state index < -0.39 is 46.8 Å². The molecule has 0 aliphatic carbocycles. The Morgan fingerprint density at radius 1 is 0.878 bits per heavy atom. The monoisotopic (exact) mass is 695 g/mol. The van der Waals surface area contributed by atoms with E-state index in [0.29, 0.717) is 17.7 Å². The van der Waals surface area contributed by atoms with Gasteiger partial charge in [-0.15, -0.1) is 0 Å². The summed E-state index contributed by atoms with van der Waals surface area (Å²) in [5.74, 6) is -11.9. The van der Waals surface area contributed by atoms with Crippen molar-refractivity contribution in [3.63, 3.8) is 0 Å². The van der Waals surface area contributed by atoms with Crippen LogP contribution in [-0.2, 0) is 29.7 Å². The smallest absolute Gasteiger partial charge is 0.257 e. The second-order valence-corrected chi connectivity index (χ2v) is 12.4. The third-order valence-corrected chi connectivity index (χ3v) is 9.31. The summed E-state index contributed by atoms with van der Waals surface area (Å²) in [6.45, 7) is -0.283. The van der Waals surface area contributed by atoms with Crippen molar-refractivity contribution in [3.8, 4) is 11.1 Å². The van der Waals surface area contributed by atoms with Gasteiger partial charge in [0, 0.05) is 43.7 Å². The van der Waals surface area contributed by atoms with Gasteiger partial charge in [-0.2, -0.15) is 0 Å². The first-order valence-corrected chi connectivity index (χ1v) is 16.2. The van der Waals surface area contributed by atoms with Crippen LogP contribution in [0.2, 0.25) is 0 Å². The molecule has 3 atom stereocenters. The normalized spacial score (nSPS) is 17.7. The van der Waals surface area contributed by atoms with Crippen molar-refractivity contribution in [1.82, 2.24) is 14.9 Å². The topological polar surface area (TPSA) is 85.6 Å². The minimum atomic E-state index is -2.33. The van der Waals surface area contributed by atoms with Crippen LogP contribution < -0.4 is 5.32 Å². The number of ether oxygens (including phenoxy) is 2. The largest absolute Gasteiger partial charge is 0.392 e. The number of rotatable bonds is 10. The van der Waals surface area contributed by atoms with Gasteiger partial charge in [0.05, 0.1) is 18.8 Å². The Balaban J connectivity index is 1.16. The van der Waals surface area contributed by atoms with Crippen molar-refractivity contribution >= 4 is 17.7 Å². The number of carbonyl (C=O) groups excluding carboxylic acids is 1. The second kappa shape index (κ2) is 14.9. The molecule has 5 aromatic rings. The van der Waals surface area contributed by atoms with E-state index in [1.807, 2.05) is 72.4 Å². The predicted octanol–water partition coefficient (Wildman–Crippen LogP) is 7.54. The summed E-state index contributed by atoms with van der Waals surface area (Å²) in [5.41, 5.74) is 3.12. The number of amides is 1. The first-order valence-electron chi connectivity index (χ1n) is 15.2. The maximum atomic E-state index is 14.1. The average Bonchev–Trinajstić information content (AvgIpc) is 3.55. The summed E-state index contributed by atoms with van der Waals surface area (Å²) in [6, 6.07) is 22.1. The van der Waals surface area contributed by atoms with Crippen molar-refractivity contribution in [3.05, 3.63) is 142 Å². The van der Waals surface area contributed by atoms with E-state index in [1.165, 1.54) is 0 Å². The summed E-state index contributed by atoms with van der Waals surface area (Å²) >= 11 is 1.60. The Bertz CT molecular complexity index is 1930. The number of nitrogens with zero attached hydrogens (tertiary/aromatic N) is 2. The highest BCUT2D eigenvalue weighted by Gasteiger charge is 2.33. The highest BCUT2D eigenvalue weighted by molar-refractivity contribution is 7.99. The molecule has 1 aliphatic rings. The number of aliphatic hydroxyl groups excluding tert-OH is 1. The van der Waals surface area contributed by atoms with E-state index >= 15 is 0 Å². The summed E-state index contributed by atoms with van der Waals surface area (Å²) < 4.78 is 83.5. The van der Waals surface area contributed by atoms with Crippen LogP contribution in [0.25, 0.3) is 11.1 Å². The molecule has 0 radical (unpaired) electrons. The van der Waals surface area contributed by atoms with E-state index in [9.17, 15) is 31.9 Å². The van der Waals surface area contributed by atoms with Gasteiger partial charge in [0.15, 0.2) is 34.7 Å². The van der Waals surface area contributed by atoms with Crippen LogP contribution in [0.1, 0.15) is 51.4 Å². The molecule has 2 heterocycles. The van der Waals surface area contributed by atoms with Gasteiger partial charge in [-0.05, 0) is 33.9 Å². The number of thioether (sulfide) groups is 1. The van der Waals surface area contributed by atoms with Crippen molar-refractivity contribution in [2.45, 2.75) is 43.2 Å². The number of aryl methyl sites for hydroxylation is 1. The zero-order chi connectivity index (χ0) is 34.7. The second-order valence-electron chi connectivity index (χ2n) is 11.4. The van der Waals surface area contributed by atoms with Crippen LogP contribution in [0.3, 0.4) is 0 Å². The minimum absolute atomic E-state index is 0.0528. The van der Waals surface area contributed by atoms with Crippen LogP contribution in [0.15, 0.2) is 90.3 Å². The first kappa shape index (κ1) is 34.3. The van der Waals surface area contributed by atoms with E-state index in [0.717, 1.165) is 33.0 Å². The summed E-state index contributed by atoms with van der Waals surface area (Å²) in [5, 5.41) is 12.6. The molecule has 1 amide bonds. The lowest BCUT2D eigenvalue weighted by Crippen LogP contribution is -2.31. The third-order valence-electron chi connectivity index (χ3n) is 8.12. The lowest BCUT2D eigenvalue weighted by atomic mass is 9.99. The molecule has 3 unspecified atom stereocenters. The number of halogens is 5. The Morgan fingerprint density at radius 3 is 2.20 bits per heavy atom. The Labute approximate surface area is 282 Å². The lowest BCUT2D eigenvalue weighted by molar-refractivity contribution is -0.245. The molecule has 1 fully saturated rings. The number of nitrogens with one attached hydrogen (secondary N) is 1. The molecule has 1 saturated heterocycles. The van der Waals surface area contributed by atoms with Crippen molar-refractivity contribution < 1.29 is 41.3 Å². The van der Waals surface area contributed by atoms with Gasteiger partial charge in [0.25, 0.3) is 5.91 Å². The maximum Gasteiger partial charge on any atom is 0.257 e. The molecule has 0 bridgehead atoms. The summed E-state index contributed by atoms with van der Waals surface area (Å²) in [4.78, 5) is 16.8. The van der Waals surface area contributed by atoms with Gasteiger partial charge in [0.1, 0.15) is 5.56 Å². The average molecular weight is 696 g/mol. The molecular formula is C36H30F5N3O4S. The Morgan fingerprint density at radius 2 is 1.55 bits per heavy atom. The van der Waals surface area contributed by atoms with E-state index in [-0.39, 0.29) is 25.4 Å². The van der Waals surface area contributed by atoms with E-state index in [1.54, 1.807) is 36.2 Å². The molecule has 4 aromatic carbocycles. The standard InChI is InChI=1S/C36H30F5N3O4S/c1-44-14-13-42-36(44)49-19-26-16-27(23-7-5-20(18-45)6-8-23)48-35(47-26)24-11-9-22(10-12-24)25-4-2-3-21(15-25)17-43-34(46)28-29(37)31(39)33(41)32(40)30(28)38/h2-15,26-27,35,45H,16-19H2,1H3,(H,43,46). The zero-order valence-corrected chi connectivity index (χ0v) is 26.8. The van der Waals surface area contributed by atoms with Crippen molar-refractivity contribution in [1.29, 1.82) is 0 Å². The van der Waals surface area contributed by atoms with Gasteiger partial charge in [-0.25, -0.2) is 26.9 Å². The quantitative estimate of drug-likeness (QED) is 0.0680. The van der Waals surface area contributed by atoms with Crippen LogP contribution in [0.5, 0.6) is 0 Å². The fraction of sp³-hybridized carbons (Fsp3) is 0.222. The Hall–Kier alpha value is -4.56. The van der Waals surface area contributed by atoms with Gasteiger partial charge in [-0.1, -0.05) is 78.5 Å². The van der Waals surface area contributed by atoms with Gasteiger partial charge < -0.3 is 24.5 Å². The van der Waals surface area contributed by atoms with Crippen LogP contribution in [0.4, 0.5) is 22.0 Å². The molecule has 49 heavy (non-hydrogen) atoms. The molecule has 13 heteroatoms. The number of carbonyl (C=O) groups is 1. The summed E-state index contributed by atoms with van der Waals surface area (Å²) in [6.07, 6.45) is 3.18. The van der Waals surface area contributed by atoms with Crippen molar-refractivity contribution in [2.24, 2.45) is 7.05 Å². The predicted molar refractivity (Wildman–Crippen MR) is 172 cm³/mol. The number of hydrogen-bond acceptors (Lipinski definition) is 6. The zero-order valence-electron chi connectivity index (χ0n) is 26.0. The highest BCUT2D eigenvalue weighted by Crippen LogP contribution is 2.40. The van der Waals surface area contributed by atoms with Crippen LogP contribution >= 0.6 is 11.8 Å². The third kappa shape index (κ3) is 7.54. The maximum absolute atomic E-state index is 14.1. The minimum Gasteiger partial charge on any atom is -0.392 e. The van der Waals surface area contributed by atoms with Gasteiger partial charge >= 0.3 is 0 Å². The number of hydrogen-bond donors (Lipinski definition) is 2. The molecule has 0 spiro atoms. The van der Waals surface area contributed by atoms with Crippen LogP contribution in [-0.4, -0.2) is 32.4 Å². The first-order chi connectivity index (χ1) is 23.6. The molecule has 7 nitrogen and oxygen atoms in total. The molecular weight excluding hydrogens is 665 g/mol. The molecule has 254 valence electrons. The fourth-order valence-corrected chi connectivity index (χ4v) is 6.40. The van der Waals surface area contributed by atoms with Crippen molar-refractivity contribution in [2.75, 3.05) is 5.75 Å². The SMILES string of the molecule is Cn1ccnc1SCC1CC(c2ccc(CO)cc2)OC(c2ccc(-c3cccc(CNC(=O)c4c(F)c(F)c(F)c(F)c4F)c3)cc2)O1. The number of aromatic nitrogens is 2. The lowest BCUT2D eigenvalue weighted by Gasteiger charge is -2.36. The molecule has 0 saturated carbocycles. The highest BCUT2D eigenvalue weighted by atomic mass is 32.2. The molecule has 6 rings (SSSR count). The van der Waals surface area contributed by atoms with Gasteiger partial charge in [-0.3, -0.25) is 4.79 Å². The fourth-order valence-electron chi connectivity index (χ4n) is 5.45. The number of imidazole rings is 1. The Kier molecular flexibility index (Phi) is 10.4. The van der Waals surface area contributed by atoms with Crippen LogP contribution in [0, 0.1) is 29.1 Å². The molecule has 1 aromatic heterocycles. The van der Waals surface area contributed by atoms with Gasteiger partial charge in [0.2, 0.25) is 5.82 Å². The number of benzene rings is 4. The molecule has 1 aliphatic heterocycles. The van der Waals surface area contributed by atoms with E-state index in [4.69, 9.17) is 9.47 Å². The van der Waals surface area contributed by atoms with E-state index in [2.05, 4.69) is 10.3 Å².